The number of hydrazine groups is 1. The van der Waals surface area contributed by atoms with Crippen LogP contribution in [0.25, 0.3) is 0 Å². The zero-order chi connectivity index (χ0) is 8.23. The number of piperazine rings is 1. The molecule has 0 saturated carbocycles. The third-order valence-electron chi connectivity index (χ3n) is 1.80. The molecule has 66 valence electrons. The van der Waals surface area contributed by atoms with Crippen molar-refractivity contribution in [2.45, 2.75) is 0 Å². The van der Waals surface area contributed by atoms with E-state index in [-0.39, 0.29) is 0 Å². The number of nitrogens with one attached hydrogen (secondary N) is 2. The van der Waals surface area contributed by atoms with Gasteiger partial charge in [-0.1, -0.05) is 0 Å². The molecule has 5 heteroatoms. The molecule has 2 rings (SSSR count). The monoisotopic (exact) mass is 184 g/mol. The smallest absolute Gasteiger partial charge is 0.197 e. The van der Waals surface area contributed by atoms with Gasteiger partial charge in [0, 0.05) is 37.8 Å². The Labute approximate surface area is 75.6 Å². The fourth-order valence-corrected chi connectivity index (χ4v) is 1.74. The van der Waals surface area contributed by atoms with Crippen LogP contribution in [0.5, 0.6) is 0 Å². The molecule has 1 aromatic rings. The van der Waals surface area contributed by atoms with Crippen LogP contribution in [0.3, 0.4) is 0 Å². The lowest BCUT2D eigenvalue weighted by molar-refractivity contribution is 0.287. The molecule has 0 amide bonds. The van der Waals surface area contributed by atoms with Gasteiger partial charge in [0.1, 0.15) is 0 Å². The average Bonchev–Trinajstić information content (AvgIpc) is 2.59. The van der Waals surface area contributed by atoms with Gasteiger partial charge in [0.15, 0.2) is 5.13 Å². The minimum atomic E-state index is 0.983. The zero-order valence-corrected chi connectivity index (χ0v) is 7.60. The normalized spacial score (nSPS) is 19.3. The minimum absolute atomic E-state index is 0.983. The van der Waals surface area contributed by atoms with E-state index in [4.69, 9.17) is 0 Å². The summed E-state index contributed by atoms with van der Waals surface area (Å²) in [5, 5.41) is 8.45. The number of rotatable bonds is 2. The third-order valence-corrected chi connectivity index (χ3v) is 2.48. The van der Waals surface area contributed by atoms with E-state index in [1.807, 2.05) is 11.6 Å². The summed E-state index contributed by atoms with van der Waals surface area (Å²) in [4.78, 5) is 4.16. The highest BCUT2D eigenvalue weighted by molar-refractivity contribution is 7.13. The van der Waals surface area contributed by atoms with E-state index in [1.165, 1.54) is 0 Å². The van der Waals surface area contributed by atoms with Crippen LogP contribution in [0.15, 0.2) is 11.6 Å². The maximum atomic E-state index is 4.16. The molecule has 0 spiro atoms. The SMILES string of the molecule is c1csc(NN2CCNCC2)n1. The Morgan fingerprint density at radius 2 is 2.33 bits per heavy atom. The first kappa shape index (κ1) is 7.97. The van der Waals surface area contributed by atoms with Gasteiger partial charge < -0.3 is 5.32 Å². The van der Waals surface area contributed by atoms with Crippen LogP contribution in [0.2, 0.25) is 0 Å². The molecule has 0 atom stereocenters. The lowest BCUT2D eigenvalue weighted by Gasteiger charge is -2.27. The van der Waals surface area contributed by atoms with Crippen LogP contribution in [0.1, 0.15) is 0 Å². The fourth-order valence-electron chi connectivity index (χ4n) is 1.19. The number of thiazole rings is 1. The first-order chi connectivity index (χ1) is 5.95. The largest absolute Gasteiger partial charge is 0.314 e. The molecule has 1 saturated heterocycles. The van der Waals surface area contributed by atoms with Gasteiger partial charge in [-0.25, -0.2) is 9.99 Å². The lowest BCUT2D eigenvalue weighted by Crippen LogP contribution is -2.46. The molecule has 2 N–H and O–H groups in total. The van der Waals surface area contributed by atoms with Crippen molar-refractivity contribution in [3.63, 3.8) is 0 Å². The quantitative estimate of drug-likeness (QED) is 0.697. The second-order valence-corrected chi connectivity index (χ2v) is 3.58. The fraction of sp³-hybridized carbons (Fsp3) is 0.571. The molecule has 1 fully saturated rings. The van der Waals surface area contributed by atoms with E-state index >= 15 is 0 Å². The summed E-state index contributed by atoms with van der Waals surface area (Å²) in [6.45, 7) is 4.19. The van der Waals surface area contributed by atoms with E-state index in [2.05, 4.69) is 20.7 Å². The number of hydrogen-bond acceptors (Lipinski definition) is 5. The predicted molar refractivity (Wildman–Crippen MR) is 50.2 cm³/mol. The molecule has 0 aliphatic carbocycles. The van der Waals surface area contributed by atoms with Crippen LogP contribution in [-0.2, 0) is 0 Å². The van der Waals surface area contributed by atoms with Crippen molar-refractivity contribution in [2.75, 3.05) is 31.6 Å². The van der Waals surface area contributed by atoms with E-state index in [1.54, 1.807) is 11.3 Å². The maximum Gasteiger partial charge on any atom is 0.197 e. The van der Waals surface area contributed by atoms with Crippen molar-refractivity contribution in [1.29, 1.82) is 0 Å². The van der Waals surface area contributed by atoms with Crippen molar-refractivity contribution in [1.82, 2.24) is 15.3 Å². The highest BCUT2D eigenvalue weighted by atomic mass is 32.1. The summed E-state index contributed by atoms with van der Waals surface area (Å²) in [6, 6.07) is 0. The van der Waals surface area contributed by atoms with E-state index in [0.29, 0.717) is 0 Å². The van der Waals surface area contributed by atoms with Crippen molar-refractivity contribution >= 4 is 16.5 Å². The first-order valence-corrected chi connectivity index (χ1v) is 4.95. The Morgan fingerprint density at radius 1 is 1.50 bits per heavy atom. The number of hydrogen-bond donors (Lipinski definition) is 2. The molecule has 2 heterocycles. The Hall–Kier alpha value is -0.650. The van der Waals surface area contributed by atoms with Crippen LogP contribution < -0.4 is 10.7 Å². The second kappa shape index (κ2) is 3.84. The topological polar surface area (TPSA) is 40.2 Å². The molecular weight excluding hydrogens is 172 g/mol. The van der Waals surface area contributed by atoms with Crippen molar-refractivity contribution in [2.24, 2.45) is 0 Å². The zero-order valence-electron chi connectivity index (χ0n) is 6.79. The van der Waals surface area contributed by atoms with Crippen LogP contribution in [0.4, 0.5) is 5.13 Å². The summed E-state index contributed by atoms with van der Waals surface area (Å²) in [5.74, 6) is 0. The van der Waals surface area contributed by atoms with Gasteiger partial charge in [0.05, 0.1) is 0 Å². The molecule has 12 heavy (non-hydrogen) atoms. The van der Waals surface area contributed by atoms with Gasteiger partial charge in [-0.2, -0.15) is 0 Å². The minimum Gasteiger partial charge on any atom is -0.314 e. The highest BCUT2D eigenvalue weighted by Gasteiger charge is 2.09. The first-order valence-electron chi connectivity index (χ1n) is 4.07. The molecule has 0 radical (unpaired) electrons. The highest BCUT2D eigenvalue weighted by Crippen LogP contribution is 2.11. The summed E-state index contributed by atoms with van der Waals surface area (Å²) in [6.07, 6.45) is 1.81. The molecule has 1 aliphatic heterocycles. The van der Waals surface area contributed by atoms with Gasteiger partial charge in [0.25, 0.3) is 0 Å². The summed E-state index contributed by atoms with van der Waals surface area (Å²) in [7, 11) is 0. The molecule has 0 aromatic carbocycles. The number of nitrogens with zero attached hydrogens (tertiary/aromatic N) is 2. The predicted octanol–water partition coefficient (Wildman–Crippen LogP) is 0.375. The van der Waals surface area contributed by atoms with E-state index in [9.17, 15) is 0 Å². The summed E-state index contributed by atoms with van der Waals surface area (Å²) >= 11 is 1.63. The average molecular weight is 184 g/mol. The Balaban J connectivity index is 1.86. The molecule has 0 unspecified atom stereocenters. The summed E-state index contributed by atoms with van der Waals surface area (Å²) < 4.78 is 0. The van der Waals surface area contributed by atoms with Crippen molar-refractivity contribution in [3.05, 3.63) is 11.6 Å². The van der Waals surface area contributed by atoms with Crippen LogP contribution in [-0.4, -0.2) is 36.2 Å². The van der Waals surface area contributed by atoms with E-state index in [0.717, 1.165) is 31.3 Å². The van der Waals surface area contributed by atoms with Gasteiger partial charge in [-0.15, -0.1) is 11.3 Å². The van der Waals surface area contributed by atoms with Crippen LogP contribution in [0, 0.1) is 0 Å². The van der Waals surface area contributed by atoms with Gasteiger partial charge in [-0.05, 0) is 0 Å². The molecule has 1 aliphatic rings. The molecule has 1 aromatic heterocycles. The summed E-state index contributed by atoms with van der Waals surface area (Å²) in [5.41, 5.74) is 3.26. The lowest BCUT2D eigenvalue weighted by atomic mass is 10.4. The van der Waals surface area contributed by atoms with Gasteiger partial charge >= 0.3 is 0 Å². The van der Waals surface area contributed by atoms with Gasteiger partial charge in [-0.3, -0.25) is 5.43 Å². The van der Waals surface area contributed by atoms with Crippen molar-refractivity contribution < 1.29 is 0 Å². The molecule has 0 bridgehead atoms. The number of anilines is 1. The Morgan fingerprint density at radius 3 is 3.00 bits per heavy atom. The third kappa shape index (κ3) is 1.94. The maximum absolute atomic E-state index is 4.16. The molecular formula is C7H12N4S. The Kier molecular flexibility index (Phi) is 2.55. The van der Waals surface area contributed by atoms with Crippen molar-refractivity contribution in [3.8, 4) is 0 Å². The van der Waals surface area contributed by atoms with Crippen LogP contribution >= 0.6 is 11.3 Å². The number of aromatic nitrogens is 1. The Bertz CT molecular complexity index is 217. The second-order valence-electron chi connectivity index (χ2n) is 2.69. The molecule has 4 nitrogen and oxygen atoms in total. The van der Waals surface area contributed by atoms with Gasteiger partial charge in [0.2, 0.25) is 0 Å². The van der Waals surface area contributed by atoms with E-state index < -0.39 is 0 Å². The standard InChI is InChI=1S/C7H12N4S/c1-4-11(5-2-8-1)10-7-9-3-6-12-7/h3,6,8H,1-2,4-5H2,(H,9,10).